The van der Waals surface area contributed by atoms with Crippen LogP contribution in [0.4, 0.5) is 15.9 Å². The summed E-state index contributed by atoms with van der Waals surface area (Å²) >= 11 is 6.24. The molecule has 1 atom stereocenters. The fourth-order valence-electron chi connectivity index (χ4n) is 3.89. The van der Waals surface area contributed by atoms with Crippen LogP contribution in [-0.4, -0.2) is 21.6 Å². The predicted molar refractivity (Wildman–Crippen MR) is 97.6 cm³/mol. The molecule has 0 saturated carbocycles. The van der Waals surface area contributed by atoms with Gasteiger partial charge in [0.15, 0.2) is 0 Å². The maximum atomic E-state index is 13.7. The van der Waals surface area contributed by atoms with Crippen molar-refractivity contribution in [3.63, 3.8) is 0 Å². The molecule has 0 unspecified atom stereocenters. The van der Waals surface area contributed by atoms with Gasteiger partial charge in [0.25, 0.3) is 0 Å². The van der Waals surface area contributed by atoms with Crippen molar-refractivity contribution in [3.05, 3.63) is 70.6 Å². The highest BCUT2D eigenvalue weighted by Gasteiger charge is 2.54. The molecule has 5 rings (SSSR count). The molecule has 3 heterocycles. The summed E-state index contributed by atoms with van der Waals surface area (Å²) in [4.78, 5) is 25.6. The van der Waals surface area contributed by atoms with Gasteiger partial charge in [-0.2, -0.15) is 5.10 Å². The second-order valence-electron chi connectivity index (χ2n) is 6.55. The summed E-state index contributed by atoms with van der Waals surface area (Å²) in [5.41, 5.74) is 0.908. The first-order chi connectivity index (χ1) is 13.0. The highest BCUT2D eigenvalue weighted by atomic mass is 35.5. The van der Waals surface area contributed by atoms with E-state index < -0.39 is 11.2 Å². The fraction of sp³-hybridized carbons (Fsp3) is 0.105. The predicted octanol–water partition coefficient (Wildman–Crippen LogP) is 3.25. The lowest BCUT2D eigenvalue weighted by atomic mass is 9.72. The molecule has 3 aromatic rings. The van der Waals surface area contributed by atoms with Gasteiger partial charge >= 0.3 is 0 Å². The van der Waals surface area contributed by atoms with E-state index in [1.807, 2.05) is 0 Å². The standard InChI is InChI=1S/C19H12ClFN4O2/c20-14-6-2-5-12-16(14)24-18(27)19(12)8-15(26)23-17-13(19)9-22-25(17)11-4-1-3-10(21)7-11/h1-7,9H,8H2,(H,23,26)(H,24,27)/t19-/m0/s1. The summed E-state index contributed by atoms with van der Waals surface area (Å²) in [6, 6.07) is 11.1. The maximum absolute atomic E-state index is 13.7. The van der Waals surface area contributed by atoms with Crippen LogP contribution in [0.25, 0.3) is 5.69 Å². The fourth-order valence-corrected chi connectivity index (χ4v) is 4.11. The minimum atomic E-state index is -1.22. The molecule has 2 aliphatic rings. The Bertz CT molecular complexity index is 1140. The number of hydrogen-bond donors (Lipinski definition) is 2. The highest BCUT2D eigenvalue weighted by molar-refractivity contribution is 6.35. The van der Waals surface area contributed by atoms with Gasteiger partial charge in [-0.15, -0.1) is 0 Å². The lowest BCUT2D eigenvalue weighted by molar-refractivity contribution is -0.125. The van der Waals surface area contributed by atoms with E-state index in [0.29, 0.717) is 33.3 Å². The van der Waals surface area contributed by atoms with Crippen LogP contribution in [0.3, 0.4) is 0 Å². The van der Waals surface area contributed by atoms with Gasteiger partial charge in [-0.1, -0.05) is 29.8 Å². The van der Waals surface area contributed by atoms with Crippen LogP contribution >= 0.6 is 11.6 Å². The number of nitrogens with zero attached hydrogens (tertiary/aromatic N) is 2. The Morgan fingerprint density at radius 1 is 1.11 bits per heavy atom. The molecule has 2 amide bonds. The second-order valence-corrected chi connectivity index (χ2v) is 6.95. The number of hydrogen-bond acceptors (Lipinski definition) is 3. The van der Waals surface area contributed by atoms with Crippen LogP contribution < -0.4 is 10.6 Å². The van der Waals surface area contributed by atoms with Crippen LogP contribution in [0.15, 0.2) is 48.7 Å². The Labute approximate surface area is 157 Å². The van der Waals surface area contributed by atoms with E-state index in [-0.39, 0.29) is 18.2 Å². The lowest BCUT2D eigenvalue weighted by Crippen LogP contribution is -2.43. The van der Waals surface area contributed by atoms with Crippen LogP contribution in [0.5, 0.6) is 0 Å². The summed E-state index contributed by atoms with van der Waals surface area (Å²) in [7, 11) is 0. The van der Waals surface area contributed by atoms with E-state index in [0.717, 1.165) is 0 Å². The van der Waals surface area contributed by atoms with Crippen molar-refractivity contribution in [2.75, 3.05) is 10.6 Å². The minimum Gasteiger partial charge on any atom is -0.323 e. The first kappa shape index (κ1) is 16.0. The normalized spacial score (nSPS) is 20.2. The number of anilines is 2. The number of nitrogens with one attached hydrogen (secondary N) is 2. The van der Waals surface area contributed by atoms with Crippen molar-refractivity contribution in [2.45, 2.75) is 11.8 Å². The zero-order valence-corrected chi connectivity index (χ0v) is 14.5. The SMILES string of the molecule is O=C1C[C@@]2(C(=O)Nc3c(Cl)cccc32)c2cnn(-c3cccc(F)c3)c2N1. The van der Waals surface area contributed by atoms with Crippen molar-refractivity contribution >= 4 is 34.9 Å². The van der Waals surface area contributed by atoms with E-state index in [1.54, 1.807) is 30.3 Å². The first-order valence-corrected chi connectivity index (χ1v) is 8.63. The number of carbonyl (C=O) groups excluding carboxylic acids is 2. The number of fused-ring (bicyclic) bond motifs is 4. The summed E-state index contributed by atoms with van der Waals surface area (Å²) in [5.74, 6) is -0.742. The van der Waals surface area contributed by atoms with Crippen molar-refractivity contribution in [3.8, 4) is 5.69 Å². The second kappa shape index (κ2) is 5.40. The molecule has 2 aromatic carbocycles. The van der Waals surface area contributed by atoms with Gasteiger partial charge in [0.2, 0.25) is 11.8 Å². The molecule has 134 valence electrons. The molecule has 8 heteroatoms. The zero-order valence-electron chi connectivity index (χ0n) is 13.8. The molecule has 0 bridgehead atoms. The Morgan fingerprint density at radius 2 is 1.93 bits per heavy atom. The molecule has 6 nitrogen and oxygen atoms in total. The molecule has 0 fully saturated rings. The Balaban J connectivity index is 1.78. The third-order valence-corrected chi connectivity index (χ3v) is 5.38. The number of carbonyl (C=O) groups is 2. The van der Waals surface area contributed by atoms with Crippen molar-refractivity contribution in [1.29, 1.82) is 0 Å². The lowest BCUT2D eigenvalue weighted by Gasteiger charge is -2.31. The van der Waals surface area contributed by atoms with Gasteiger partial charge in [-0.05, 0) is 29.8 Å². The van der Waals surface area contributed by atoms with Gasteiger partial charge in [0, 0.05) is 12.0 Å². The number of rotatable bonds is 1. The average molecular weight is 383 g/mol. The van der Waals surface area contributed by atoms with Gasteiger partial charge < -0.3 is 10.6 Å². The van der Waals surface area contributed by atoms with Gasteiger partial charge in [0.05, 0.1) is 22.6 Å². The van der Waals surface area contributed by atoms with Crippen molar-refractivity contribution < 1.29 is 14.0 Å². The van der Waals surface area contributed by atoms with Gasteiger partial charge in [-0.3, -0.25) is 9.59 Å². The van der Waals surface area contributed by atoms with E-state index in [4.69, 9.17) is 11.6 Å². The third kappa shape index (κ3) is 2.09. The smallest absolute Gasteiger partial charge is 0.240 e. The number of aromatic nitrogens is 2. The van der Waals surface area contributed by atoms with E-state index in [9.17, 15) is 14.0 Å². The summed E-state index contributed by atoms with van der Waals surface area (Å²) in [5, 5.41) is 10.3. The molecule has 0 aliphatic carbocycles. The van der Waals surface area contributed by atoms with Crippen molar-refractivity contribution in [2.24, 2.45) is 0 Å². The summed E-state index contributed by atoms with van der Waals surface area (Å²) < 4.78 is 15.1. The van der Waals surface area contributed by atoms with Gasteiger partial charge in [-0.25, -0.2) is 9.07 Å². The van der Waals surface area contributed by atoms with Crippen LogP contribution in [0, 0.1) is 5.82 Å². The molecule has 1 spiro atoms. The summed E-state index contributed by atoms with van der Waals surface area (Å²) in [6.45, 7) is 0. The quantitative estimate of drug-likeness (QED) is 0.678. The largest absolute Gasteiger partial charge is 0.323 e. The summed E-state index contributed by atoms with van der Waals surface area (Å²) in [6.07, 6.45) is 1.48. The Hall–Kier alpha value is -3.19. The molecule has 27 heavy (non-hydrogen) atoms. The van der Waals surface area contributed by atoms with E-state index in [2.05, 4.69) is 15.7 Å². The third-order valence-electron chi connectivity index (χ3n) is 5.06. The Morgan fingerprint density at radius 3 is 2.74 bits per heavy atom. The first-order valence-electron chi connectivity index (χ1n) is 8.25. The van der Waals surface area contributed by atoms with Crippen molar-refractivity contribution in [1.82, 2.24) is 9.78 Å². The minimum absolute atomic E-state index is 0.0615. The number of para-hydroxylation sites is 1. The van der Waals surface area contributed by atoms with Crippen LogP contribution in [-0.2, 0) is 15.0 Å². The molecular weight excluding hydrogens is 371 g/mol. The molecule has 0 saturated heterocycles. The molecule has 1 aromatic heterocycles. The van der Waals surface area contributed by atoms with E-state index >= 15 is 0 Å². The molecule has 2 aliphatic heterocycles. The highest BCUT2D eigenvalue weighted by Crippen LogP contribution is 2.51. The topological polar surface area (TPSA) is 76.0 Å². The Kier molecular flexibility index (Phi) is 3.21. The zero-order chi connectivity index (χ0) is 18.8. The average Bonchev–Trinajstić information content (AvgIpc) is 3.17. The monoisotopic (exact) mass is 382 g/mol. The molecular formula is C19H12ClFN4O2. The maximum Gasteiger partial charge on any atom is 0.240 e. The molecule has 2 N–H and O–H groups in total. The van der Waals surface area contributed by atoms with Gasteiger partial charge in [0.1, 0.15) is 17.1 Å². The molecule has 0 radical (unpaired) electrons. The van der Waals surface area contributed by atoms with Crippen LogP contribution in [0.1, 0.15) is 17.5 Å². The number of halogens is 2. The number of amides is 2. The van der Waals surface area contributed by atoms with E-state index in [1.165, 1.54) is 23.0 Å². The number of benzene rings is 2. The van der Waals surface area contributed by atoms with Crippen LogP contribution in [0.2, 0.25) is 5.02 Å².